The van der Waals surface area contributed by atoms with Crippen molar-refractivity contribution in [3.05, 3.63) is 85.1 Å². The summed E-state index contributed by atoms with van der Waals surface area (Å²) in [7, 11) is 0. The predicted octanol–water partition coefficient (Wildman–Crippen LogP) is 18.5. The van der Waals surface area contributed by atoms with Gasteiger partial charge in [-0.05, 0) is 116 Å². The summed E-state index contributed by atoms with van der Waals surface area (Å²) in [6.07, 6.45) is 71.6. The van der Waals surface area contributed by atoms with Gasteiger partial charge in [0.25, 0.3) is 0 Å². The van der Waals surface area contributed by atoms with Crippen molar-refractivity contribution < 1.29 is 23.8 Å². The zero-order valence-electron chi connectivity index (χ0n) is 42.3. The largest absolute Gasteiger partial charge is 0.462 e. The molecule has 0 aliphatic heterocycles. The zero-order valence-corrected chi connectivity index (χ0v) is 42.3. The fourth-order valence-corrected chi connectivity index (χ4v) is 7.35. The first kappa shape index (κ1) is 61.1. The summed E-state index contributed by atoms with van der Waals surface area (Å²) in [5, 5.41) is 0. The van der Waals surface area contributed by atoms with E-state index in [0.717, 1.165) is 96.3 Å². The van der Waals surface area contributed by atoms with E-state index in [1.165, 1.54) is 122 Å². The molecular formula is C59H102O5. The lowest BCUT2D eigenvalue weighted by Crippen LogP contribution is -2.30. The number of rotatable bonds is 49. The number of carbonyl (C=O) groups excluding carboxylic acids is 2. The van der Waals surface area contributed by atoms with Crippen molar-refractivity contribution in [3.8, 4) is 0 Å². The third-order valence-corrected chi connectivity index (χ3v) is 11.4. The van der Waals surface area contributed by atoms with E-state index in [1.54, 1.807) is 0 Å². The van der Waals surface area contributed by atoms with Gasteiger partial charge < -0.3 is 14.2 Å². The predicted molar refractivity (Wildman–Crippen MR) is 279 cm³/mol. The highest BCUT2D eigenvalue weighted by atomic mass is 16.6. The second kappa shape index (κ2) is 54.4. The van der Waals surface area contributed by atoms with E-state index < -0.39 is 6.10 Å². The lowest BCUT2D eigenvalue weighted by atomic mass is 10.1. The summed E-state index contributed by atoms with van der Waals surface area (Å²) in [5.74, 6) is -0.428. The van der Waals surface area contributed by atoms with Crippen LogP contribution in [0.2, 0.25) is 0 Å². The monoisotopic (exact) mass is 891 g/mol. The summed E-state index contributed by atoms with van der Waals surface area (Å²) in [5.41, 5.74) is 0. The Kier molecular flexibility index (Phi) is 51.9. The molecular weight excluding hydrogens is 789 g/mol. The highest BCUT2D eigenvalue weighted by Gasteiger charge is 2.17. The highest BCUT2D eigenvalue weighted by Crippen LogP contribution is 2.13. The van der Waals surface area contributed by atoms with Crippen LogP contribution >= 0.6 is 0 Å². The van der Waals surface area contributed by atoms with Gasteiger partial charge in [0.2, 0.25) is 0 Å². The molecule has 0 rings (SSSR count). The van der Waals surface area contributed by atoms with Crippen LogP contribution < -0.4 is 0 Å². The Morgan fingerprint density at radius 2 is 0.703 bits per heavy atom. The fraction of sp³-hybridized carbons (Fsp3) is 0.729. The zero-order chi connectivity index (χ0) is 46.3. The second-order valence-corrected chi connectivity index (χ2v) is 17.7. The average Bonchev–Trinajstić information content (AvgIpc) is 3.30. The minimum Gasteiger partial charge on any atom is -0.462 e. The maximum absolute atomic E-state index is 12.8. The first-order chi connectivity index (χ1) is 31.6. The molecule has 0 aromatic heterocycles. The van der Waals surface area contributed by atoms with Crippen LogP contribution in [0.25, 0.3) is 0 Å². The van der Waals surface area contributed by atoms with Gasteiger partial charge in [-0.3, -0.25) is 9.59 Å². The van der Waals surface area contributed by atoms with Gasteiger partial charge in [0.15, 0.2) is 6.10 Å². The topological polar surface area (TPSA) is 61.8 Å². The Labute approximate surface area is 397 Å². The van der Waals surface area contributed by atoms with E-state index in [-0.39, 0.29) is 25.2 Å². The molecule has 0 N–H and O–H groups in total. The lowest BCUT2D eigenvalue weighted by molar-refractivity contribution is -0.163. The third-order valence-electron chi connectivity index (χ3n) is 11.4. The van der Waals surface area contributed by atoms with Crippen molar-refractivity contribution in [1.29, 1.82) is 0 Å². The van der Waals surface area contributed by atoms with Gasteiger partial charge in [-0.2, -0.15) is 0 Å². The van der Waals surface area contributed by atoms with Crippen molar-refractivity contribution in [2.75, 3.05) is 19.8 Å². The first-order valence-electron chi connectivity index (χ1n) is 27.1. The smallest absolute Gasteiger partial charge is 0.306 e. The number of hydrogen-bond donors (Lipinski definition) is 0. The number of allylic oxidation sites excluding steroid dienone is 14. The van der Waals surface area contributed by atoms with Crippen LogP contribution in [0.15, 0.2) is 85.1 Å². The molecule has 1 atom stereocenters. The number of hydrogen-bond acceptors (Lipinski definition) is 5. The molecule has 0 heterocycles. The molecule has 1 unspecified atom stereocenters. The molecule has 0 aliphatic carbocycles. The Morgan fingerprint density at radius 3 is 1.17 bits per heavy atom. The maximum atomic E-state index is 12.8. The number of ether oxygens (including phenoxy) is 3. The van der Waals surface area contributed by atoms with Gasteiger partial charge in [-0.15, -0.1) is 0 Å². The Balaban J connectivity index is 4.31. The summed E-state index contributed by atoms with van der Waals surface area (Å²) in [6, 6.07) is 0. The summed E-state index contributed by atoms with van der Waals surface area (Å²) >= 11 is 0. The summed E-state index contributed by atoms with van der Waals surface area (Å²) in [4.78, 5) is 25.4. The molecule has 64 heavy (non-hydrogen) atoms. The minimum absolute atomic E-state index is 0.0673. The van der Waals surface area contributed by atoms with Crippen LogP contribution in [-0.4, -0.2) is 37.9 Å². The number of esters is 2. The number of unbranched alkanes of at least 4 members (excludes halogenated alkanes) is 24. The highest BCUT2D eigenvalue weighted by molar-refractivity contribution is 5.70. The van der Waals surface area contributed by atoms with E-state index in [1.807, 2.05) is 0 Å². The SMILES string of the molecule is CC/C=C\C/C=C\C/C=C\C/C=C\CCCCCCCCCOCC(COC(=O)CCCCCCC/C=C\C/C=C\CCCCC)OC(=O)CCCCCCC/C=C\CCCCCC. The molecule has 368 valence electrons. The second-order valence-electron chi connectivity index (χ2n) is 17.7. The van der Waals surface area contributed by atoms with Crippen LogP contribution in [0.5, 0.6) is 0 Å². The first-order valence-corrected chi connectivity index (χ1v) is 27.1. The Bertz CT molecular complexity index is 1190. The van der Waals surface area contributed by atoms with Crippen molar-refractivity contribution >= 4 is 11.9 Å². The summed E-state index contributed by atoms with van der Waals surface area (Å²) in [6.45, 7) is 7.64. The van der Waals surface area contributed by atoms with Crippen molar-refractivity contribution in [3.63, 3.8) is 0 Å². The van der Waals surface area contributed by atoms with E-state index in [0.29, 0.717) is 19.4 Å². The van der Waals surface area contributed by atoms with E-state index >= 15 is 0 Å². The molecule has 5 nitrogen and oxygen atoms in total. The molecule has 5 heteroatoms. The van der Waals surface area contributed by atoms with Crippen LogP contribution in [0.4, 0.5) is 0 Å². The maximum Gasteiger partial charge on any atom is 0.306 e. The van der Waals surface area contributed by atoms with Crippen molar-refractivity contribution in [2.24, 2.45) is 0 Å². The van der Waals surface area contributed by atoms with Crippen molar-refractivity contribution in [1.82, 2.24) is 0 Å². The van der Waals surface area contributed by atoms with E-state index in [2.05, 4.69) is 106 Å². The van der Waals surface area contributed by atoms with Crippen LogP contribution in [0.1, 0.15) is 252 Å². The minimum atomic E-state index is -0.556. The van der Waals surface area contributed by atoms with Crippen LogP contribution in [0.3, 0.4) is 0 Å². The Hall–Kier alpha value is -2.92. The van der Waals surface area contributed by atoms with E-state index in [9.17, 15) is 9.59 Å². The molecule has 0 aromatic rings. The number of carbonyl (C=O) groups is 2. The van der Waals surface area contributed by atoms with Gasteiger partial charge in [-0.25, -0.2) is 0 Å². The molecule has 0 spiro atoms. The normalized spacial score (nSPS) is 12.9. The fourth-order valence-electron chi connectivity index (χ4n) is 7.35. The quantitative estimate of drug-likeness (QED) is 0.0346. The summed E-state index contributed by atoms with van der Waals surface area (Å²) < 4.78 is 17.4. The molecule has 0 aromatic carbocycles. The molecule has 0 saturated carbocycles. The molecule has 0 saturated heterocycles. The van der Waals surface area contributed by atoms with Gasteiger partial charge in [0, 0.05) is 19.4 Å². The van der Waals surface area contributed by atoms with Gasteiger partial charge >= 0.3 is 11.9 Å². The van der Waals surface area contributed by atoms with Crippen molar-refractivity contribution in [2.45, 2.75) is 258 Å². The van der Waals surface area contributed by atoms with Gasteiger partial charge in [0.1, 0.15) is 6.61 Å². The Morgan fingerprint density at radius 1 is 0.359 bits per heavy atom. The van der Waals surface area contributed by atoms with Gasteiger partial charge in [0.05, 0.1) is 6.61 Å². The molecule has 0 radical (unpaired) electrons. The molecule has 0 bridgehead atoms. The van der Waals surface area contributed by atoms with E-state index in [4.69, 9.17) is 14.2 Å². The lowest BCUT2D eigenvalue weighted by Gasteiger charge is -2.18. The van der Waals surface area contributed by atoms with Crippen LogP contribution in [-0.2, 0) is 23.8 Å². The third kappa shape index (κ3) is 51.7. The molecule has 0 aliphatic rings. The van der Waals surface area contributed by atoms with Crippen LogP contribution in [0, 0.1) is 0 Å². The molecule has 0 fully saturated rings. The molecule has 0 amide bonds. The standard InChI is InChI=1S/C59H102O5/c1-4-7-10-13-16-19-22-25-27-28-29-30-31-33-36-39-42-45-48-51-54-62-55-57(64-59(61)53-50-47-44-41-38-34-24-21-18-15-12-9-6-3)56-63-58(60)52-49-46-43-40-37-35-32-26-23-20-17-14-11-8-5-2/h7,10,16-17,19-21,24-27,29-30,32,57H,4-6,8-9,11-15,18,22-23,28,31,33-56H2,1-3H3/b10-7-,19-16-,20-17-,24-21-,27-25-,30-29-,32-26-. The average molecular weight is 891 g/mol. The van der Waals surface area contributed by atoms with Gasteiger partial charge in [-0.1, -0.05) is 209 Å².